The molecule has 176 valence electrons. The number of halogens is 1. The number of hydrazone groups is 1. The molecule has 0 aromatic heterocycles. The van der Waals surface area contributed by atoms with Crippen molar-refractivity contribution in [3.63, 3.8) is 0 Å². The fourth-order valence-corrected chi connectivity index (χ4v) is 3.39. The number of rotatable bonds is 10. The number of benzene rings is 2. The SMILES string of the molecule is CCOc1cc(/C=N/NC(=O)CN2CCOCC2)cc(Cl)c1OCc1ccc([N+](=O)[O-])cc1. The van der Waals surface area contributed by atoms with Crippen LogP contribution in [0.25, 0.3) is 0 Å². The lowest BCUT2D eigenvalue weighted by atomic mass is 10.2. The molecule has 1 aliphatic heterocycles. The van der Waals surface area contributed by atoms with Crippen molar-refractivity contribution in [1.29, 1.82) is 0 Å². The zero-order chi connectivity index (χ0) is 23.6. The van der Waals surface area contributed by atoms with E-state index in [1.807, 2.05) is 11.8 Å². The minimum absolute atomic E-state index is 0.00691. The van der Waals surface area contributed by atoms with Gasteiger partial charge in [-0.3, -0.25) is 19.8 Å². The van der Waals surface area contributed by atoms with Crippen molar-refractivity contribution in [2.24, 2.45) is 5.10 Å². The van der Waals surface area contributed by atoms with Crippen LogP contribution in [0.15, 0.2) is 41.5 Å². The van der Waals surface area contributed by atoms with Gasteiger partial charge >= 0.3 is 0 Å². The zero-order valence-electron chi connectivity index (χ0n) is 18.2. The molecule has 0 saturated carbocycles. The number of hydrogen-bond acceptors (Lipinski definition) is 8. The first-order valence-electron chi connectivity index (χ1n) is 10.4. The number of carbonyl (C=O) groups is 1. The number of carbonyl (C=O) groups excluding carboxylic acids is 1. The Morgan fingerprint density at radius 2 is 2.00 bits per heavy atom. The Morgan fingerprint density at radius 1 is 1.27 bits per heavy atom. The first kappa shape index (κ1) is 24.4. The van der Waals surface area contributed by atoms with E-state index >= 15 is 0 Å². The fraction of sp³-hybridized carbons (Fsp3) is 0.364. The molecule has 0 aliphatic carbocycles. The second-order valence-electron chi connectivity index (χ2n) is 7.16. The summed E-state index contributed by atoms with van der Waals surface area (Å²) in [6.07, 6.45) is 1.48. The van der Waals surface area contributed by atoms with E-state index in [-0.39, 0.29) is 24.7 Å². The number of morpholine rings is 1. The number of nitro benzene ring substituents is 1. The van der Waals surface area contributed by atoms with E-state index < -0.39 is 4.92 Å². The average molecular weight is 477 g/mol. The van der Waals surface area contributed by atoms with Crippen LogP contribution in [-0.2, 0) is 16.1 Å². The topological polar surface area (TPSA) is 116 Å². The number of nitrogens with zero attached hydrogens (tertiary/aromatic N) is 3. The number of nitrogens with one attached hydrogen (secondary N) is 1. The highest BCUT2D eigenvalue weighted by Crippen LogP contribution is 2.37. The van der Waals surface area contributed by atoms with E-state index in [9.17, 15) is 14.9 Å². The van der Waals surface area contributed by atoms with Gasteiger partial charge in [-0.1, -0.05) is 11.6 Å². The molecule has 33 heavy (non-hydrogen) atoms. The van der Waals surface area contributed by atoms with Crippen LogP contribution >= 0.6 is 11.6 Å². The van der Waals surface area contributed by atoms with Gasteiger partial charge in [0, 0.05) is 25.2 Å². The molecule has 10 nitrogen and oxygen atoms in total. The maximum atomic E-state index is 12.1. The summed E-state index contributed by atoms with van der Waals surface area (Å²) in [5, 5.41) is 15.1. The summed E-state index contributed by atoms with van der Waals surface area (Å²) in [6, 6.07) is 9.42. The van der Waals surface area contributed by atoms with Gasteiger partial charge in [0.25, 0.3) is 11.6 Å². The molecule has 2 aromatic carbocycles. The number of hydrogen-bond donors (Lipinski definition) is 1. The van der Waals surface area contributed by atoms with E-state index in [0.717, 1.165) is 5.56 Å². The second kappa shape index (κ2) is 12.1. The van der Waals surface area contributed by atoms with Crippen LogP contribution in [0.3, 0.4) is 0 Å². The highest BCUT2D eigenvalue weighted by molar-refractivity contribution is 6.32. The number of ether oxygens (including phenoxy) is 3. The molecule has 0 unspecified atom stereocenters. The van der Waals surface area contributed by atoms with Crippen molar-refractivity contribution in [2.45, 2.75) is 13.5 Å². The largest absolute Gasteiger partial charge is 0.490 e. The van der Waals surface area contributed by atoms with Crippen LogP contribution in [0, 0.1) is 10.1 Å². The van der Waals surface area contributed by atoms with Crippen LogP contribution in [0.5, 0.6) is 11.5 Å². The summed E-state index contributed by atoms with van der Waals surface area (Å²) in [5.74, 6) is 0.561. The molecule has 1 heterocycles. The monoisotopic (exact) mass is 476 g/mol. The van der Waals surface area contributed by atoms with Gasteiger partial charge in [-0.25, -0.2) is 5.43 Å². The van der Waals surface area contributed by atoms with E-state index in [4.69, 9.17) is 25.8 Å². The summed E-state index contributed by atoms with van der Waals surface area (Å²) in [5.41, 5.74) is 3.88. The van der Waals surface area contributed by atoms with Crippen LogP contribution in [-0.4, -0.2) is 61.4 Å². The quantitative estimate of drug-likeness (QED) is 0.318. The Hall–Kier alpha value is -3.21. The van der Waals surface area contributed by atoms with Gasteiger partial charge in [0.2, 0.25) is 0 Å². The number of nitro groups is 1. The Bertz CT molecular complexity index is 993. The first-order valence-corrected chi connectivity index (χ1v) is 10.8. The third-order valence-corrected chi connectivity index (χ3v) is 5.02. The summed E-state index contributed by atoms with van der Waals surface area (Å²) in [7, 11) is 0. The minimum Gasteiger partial charge on any atom is -0.490 e. The first-order chi connectivity index (χ1) is 16.0. The summed E-state index contributed by atoms with van der Waals surface area (Å²) >= 11 is 6.41. The Morgan fingerprint density at radius 3 is 2.67 bits per heavy atom. The Balaban J connectivity index is 1.62. The lowest BCUT2D eigenvalue weighted by Crippen LogP contribution is -2.42. The van der Waals surface area contributed by atoms with Gasteiger partial charge in [0.15, 0.2) is 11.5 Å². The van der Waals surface area contributed by atoms with Gasteiger partial charge in [-0.15, -0.1) is 0 Å². The van der Waals surface area contributed by atoms with Gasteiger partial charge in [-0.2, -0.15) is 5.10 Å². The van der Waals surface area contributed by atoms with Crippen molar-refractivity contribution in [1.82, 2.24) is 10.3 Å². The molecule has 0 radical (unpaired) electrons. The van der Waals surface area contributed by atoms with Crippen molar-refractivity contribution in [3.8, 4) is 11.5 Å². The zero-order valence-corrected chi connectivity index (χ0v) is 18.9. The molecule has 1 amide bonds. The molecule has 11 heteroatoms. The predicted molar refractivity (Wildman–Crippen MR) is 123 cm³/mol. The lowest BCUT2D eigenvalue weighted by Gasteiger charge is -2.25. The Kier molecular flexibility index (Phi) is 8.99. The summed E-state index contributed by atoms with van der Waals surface area (Å²) in [4.78, 5) is 24.4. The number of amides is 1. The molecule has 1 N–H and O–H groups in total. The number of non-ortho nitro benzene ring substituents is 1. The van der Waals surface area contributed by atoms with Crippen molar-refractivity contribution in [2.75, 3.05) is 39.5 Å². The minimum atomic E-state index is -0.458. The second-order valence-corrected chi connectivity index (χ2v) is 7.56. The molecule has 0 bridgehead atoms. The third-order valence-electron chi connectivity index (χ3n) is 4.74. The smallest absolute Gasteiger partial charge is 0.269 e. The normalized spacial score (nSPS) is 14.2. The molecular weight excluding hydrogens is 452 g/mol. The standard InChI is InChI=1S/C22H25ClN4O6/c1-2-32-20-12-17(13-24-25-21(28)14-26-7-9-31-10-8-26)11-19(23)22(20)33-15-16-3-5-18(6-4-16)27(29)30/h3-6,11-13H,2,7-10,14-15H2,1H3,(H,25,28)/b24-13+. The van der Waals surface area contributed by atoms with Crippen molar-refractivity contribution >= 4 is 29.4 Å². The molecule has 1 saturated heterocycles. The van der Waals surface area contributed by atoms with Gasteiger partial charge in [0.1, 0.15) is 6.61 Å². The Labute approximate surface area is 196 Å². The van der Waals surface area contributed by atoms with Crippen molar-refractivity contribution < 1.29 is 23.9 Å². The molecule has 3 rings (SSSR count). The summed E-state index contributed by atoms with van der Waals surface area (Å²) < 4.78 is 16.8. The maximum Gasteiger partial charge on any atom is 0.269 e. The molecule has 1 aliphatic rings. The highest BCUT2D eigenvalue weighted by Gasteiger charge is 2.15. The van der Waals surface area contributed by atoms with Crippen molar-refractivity contribution in [3.05, 3.63) is 62.7 Å². The summed E-state index contributed by atoms with van der Waals surface area (Å²) in [6.45, 7) is 5.30. The maximum absolute atomic E-state index is 12.1. The molecule has 0 atom stereocenters. The molecule has 0 spiro atoms. The fourth-order valence-electron chi connectivity index (χ4n) is 3.11. The van der Waals surface area contributed by atoms with Crippen LogP contribution in [0.4, 0.5) is 5.69 Å². The third kappa shape index (κ3) is 7.41. The van der Waals surface area contributed by atoms with E-state index in [1.54, 1.807) is 24.3 Å². The van der Waals surface area contributed by atoms with Crippen LogP contribution in [0.2, 0.25) is 5.02 Å². The predicted octanol–water partition coefficient (Wildman–Crippen LogP) is 3.01. The lowest BCUT2D eigenvalue weighted by molar-refractivity contribution is -0.384. The highest BCUT2D eigenvalue weighted by atomic mass is 35.5. The van der Waals surface area contributed by atoms with Gasteiger partial charge in [0.05, 0.1) is 42.5 Å². The van der Waals surface area contributed by atoms with E-state index in [0.29, 0.717) is 55.0 Å². The molecule has 1 fully saturated rings. The average Bonchev–Trinajstić information content (AvgIpc) is 2.79. The van der Waals surface area contributed by atoms with Gasteiger partial charge < -0.3 is 14.2 Å². The van der Waals surface area contributed by atoms with Crippen LogP contribution in [0.1, 0.15) is 18.1 Å². The van der Waals surface area contributed by atoms with E-state index in [1.165, 1.54) is 18.3 Å². The van der Waals surface area contributed by atoms with Crippen LogP contribution < -0.4 is 14.9 Å². The molecular formula is C22H25ClN4O6. The van der Waals surface area contributed by atoms with E-state index in [2.05, 4.69) is 10.5 Å². The van der Waals surface area contributed by atoms with Gasteiger partial charge in [-0.05, 0) is 42.3 Å². The molecule has 2 aromatic rings.